The van der Waals surface area contributed by atoms with Crippen LogP contribution in [0, 0.1) is 5.92 Å². The maximum absolute atomic E-state index is 12.6. The van der Waals surface area contributed by atoms with Gasteiger partial charge < -0.3 is 15.7 Å². The molecule has 0 bridgehead atoms. The van der Waals surface area contributed by atoms with Crippen molar-refractivity contribution >= 4 is 28.4 Å². The first-order valence-corrected chi connectivity index (χ1v) is 8.76. The lowest BCUT2D eigenvalue weighted by molar-refractivity contribution is 0.0896. The minimum atomic E-state index is -0.361. The summed E-state index contributed by atoms with van der Waals surface area (Å²) in [5.41, 5.74) is 1.94. The van der Waals surface area contributed by atoms with Gasteiger partial charge in [0.05, 0.1) is 18.2 Å². The third kappa shape index (κ3) is 4.15. The van der Waals surface area contributed by atoms with Crippen LogP contribution in [0.1, 0.15) is 34.7 Å². The molecule has 2 amide bonds. The van der Waals surface area contributed by atoms with Crippen molar-refractivity contribution in [2.24, 2.45) is 5.92 Å². The third-order valence-corrected chi connectivity index (χ3v) is 4.39. The van der Waals surface area contributed by atoms with E-state index < -0.39 is 0 Å². The largest absolute Gasteiger partial charge is 0.394 e. The molecule has 1 atom stereocenters. The van der Waals surface area contributed by atoms with Crippen molar-refractivity contribution < 1.29 is 14.7 Å². The van der Waals surface area contributed by atoms with Gasteiger partial charge >= 0.3 is 0 Å². The van der Waals surface area contributed by atoms with E-state index in [0.717, 1.165) is 0 Å². The molecule has 7 heteroatoms. The molecule has 2 aromatic carbocycles. The number of para-hydroxylation sites is 1. The molecule has 3 aromatic rings. The van der Waals surface area contributed by atoms with E-state index >= 15 is 0 Å². The summed E-state index contributed by atoms with van der Waals surface area (Å²) in [5.74, 6) is -0.565. The van der Waals surface area contributed by atoms with E-state index in [1.807, 2.05) is 32.0 Å². The molecule has 7 nitrogen and oxygen atoms in total. The molecule has 0 aliphatic carbocycles. The molecule has 0 unspecified atom stereocenters. The molecule has 1 aromatic heterocycles. The van der Waals surface area contributed by atoms with Crippen LogP contribution >= 0.6 is 0 Å². The third-order valence-electron chi connectivity index (χ3n) is 4.39. The first-order valence-electron chi connectivity index (χ1n) is 8.76. The monoisotopic (exact) mass is 366 g/mol. The van der Waals surface area contributed by atoms with Crippen molar-refractivity contribution in [2.75, 3.05) is 11.9 Å². The van der Waals surface area contributed by atoms with Crippen LogP contribution in [-0.4, -0.2) is 39.8 Å². The van der Waals surface area contributed by atoms with Crippen LogP contribution in [0.5, 0.6) is 0 Å². The van der Waals surface area contributed by atoms with Crippen molar-refractivity contribution in [1.82, 2.24) is 15.5 Å². The van der Waals surface area contributed by atoms with Crippen molar-refractivity contribution in [1.29, 1.82) is 0 Å². The summed E-state index contributed by atoms with van der Waals surface area (Å²) in [4.78, 5) is 25.1. The van der Waals surface area contributed by atoms with E-state index in [2.05, 4.69) is 20.8 Å². The number of hydrogen-bond donors (Lipinski definition) is 4. The second kappa shape index (κ2) is 8.01. The van der Waals surface area contributed by atoms with Crippen LogP contribution in [0.25, 0.3) is 10.9 Å². The highest BCUT2D eigenvalue weighted by atomic mass is 16.3. The van der Waals surface area contributed by atoms with E-state index in [0.29, 0.717) is 22.2 Å². The van der Waals surface area contributed by atoms with Crippen LogP contribution in [0.4, 0.5) is 5.69 Å². The van der Waals surface area contributed by atoms with Gasteiger partial charge in [-0.1, -0.05) is 32.0 Å². The van der Waals surface area contributed by atoms with E-state index in [-0.39, 0.29) is 36.1 Å². The zero-order valence-corrected chi connectivity index (χ0v) is 15.2. The van der Waals surface area contributed by atoms with Gasteiger partial charge in [0.1, 0.15) is 0 Å². The van der Waals surface area contributed by atoms with Crippen molar-refractivity contribution in [3.05, 3.63) is 59.8 Å². The highest BCUT2D eigenvalue weighted by Crippen LogP contribution is 2.19. The Morgan fingerprint density at radius 1 is 1.11 bits per heavy atom. The van der Waals surface area contributed by atoms with Gasteiger partial charge in [0, 0.05) is 16.6 Å². The molecule has 140 valence electrons. The molecule has 3 rings (SSSR count). The van der Waals surface area contributed by atoms with E-state index in [1.165, 1.54) is 0 Å². The number of H-pyrrole nitrogens is 1. The maximum atomic E-state index is 12.6. The van der Waals surface area contributed by atoms with Gasteiger partial charge in [-0.25, -0.2) is 0 Å². The number of aromatic amines is 1. The first-order chi connectivity index (χ1) is 13.0. The van der Waals surface area contributed by atoms with Crippen LogP contribution in [0.2, 0.25) is 0 Å². The number of amides is 2. The molecule has 4 N–H and O–H groups in total. The van der Waals surface area contributed by atoms with E-state index in [9.17, 15) is 14.7 Å². The molecule has 0 spiro atoms. The molecule has 0 saturated heterocycles. The lowest BCUT2D eigenvalue weighted by atomic mass is 10.0. The lowest BCUT2D eigenvalue weighted by Crippen LogP contribution is -2.41. The quantitative estimate of drug-likeness (QED) is 0.538. The summed E-state index contributed by atoms with van der Waals surface area (Å²) >= 11 is 0. The van der Waals surface area contributed by atoms with Crippen LogP contribution < -0.4 is 10.6 Å². The minimum absolute atomic E-state index is 0.101. The summed E-state index contributed by atoms with van der Waals surface area (Å²) < 4.78 is 0. The van der Waals surface area contributed by atoms with Gasteiger partial charge in [-0.2, -0.15) is 5.10 Å². The second-order valence-electron chi connectivity index (χ2n) is 6.66. The van der Waals surface area contributed by atoms with Crippen LogP contribution in [-0.2, 0) is 0 Å². The standard InChI is InChI=1S/C20H22N4O3/c1-12(2)17(11-25)22-19(26)13-8-9-16-15(10-13)18(24-23-16)20(27)21-14-6-4-3-5-7-14/h3-10,12,17,25H,11H2,1-2H3,(H,21,27)(H,22,26)(H,23,24)/t17-/m1/s1. The number of benzene rings is 2. The number of nitrogens with zero attached hydrogens (tertiary/aromatic N) is 1. The summed E-state index contributed by atoms with van der Waals surface area (Å²) in [7, 11) is 0. The first kappa shape index (κ1) is 18.6. The van der Waals surface area contributed by atoms with Crippen LogP contribution in [0.3, 0.4) is 0 Å². The minimum Gasteiger partial charge on any atom is -0.394 e. The number of anilines is 1. The smallest absolute Gasteiger partial charge is 0.276 e. The van der Waals surface area contributed by atoms with Gasteiger partial charge in [-0.05, 0) is 36.2 Å². The normalized spacial score (nSPS) is 12.1. The van der Waals surface area contributed by atoms with Crippen molar-refractivity contribution in [3.8, 4) is 0 Å². The fraction of sp³-hybridized carbons (Fsp3) is 0.250. The topological polar surface area (TPSA) is 107 Å². The Bertz CT molecular complexity index is 950. The Hall–Kier alpha value is -3.19. The Morgan fingerprint density at radius 3 is 2.52 bits per heavy atom. The SMILES string of the molecule is CC(C)[C@@H](CO)NC(=O)c1ccc2[nH]nc(C(=O)Nc3ccccc3)c2c1. The molecule has 0 radical (unpaired) electrons. The van der Waals surface area contributed by atoms with E-state index in [1.54, 1.807) is 30.3 Å². The molecule has 27 heavy (non-hydrogen) atoms. The number of rotatable bonds is 6. The Morgan fingerprint density at radius 2 is 1.85 bits per heavy atom. The summed E-state index contributed by atoms with van der Waals surface area (Å²) in [6.45, 7) is 3.71. The van der Waals surface area contributed by atoms with Gasteiger partial charge in [0.15, 0.2) is 5.69 Å². The lowest BCUT2D eigenvalue weighted by Gasteiger charge is -2.19. The number of hydrogen-bond acceptors (Lipinski definition) is 4. The summed E-state index contributed by atoms with van der Waals surface area (Å²) in [6.07, 6.45) is 0. The average Bonchev–Trinajstić information content (AvgIpc) is 3.09. The summed E-state index contributed by atoms with van der Waals surface area (Å²) in [5, 5.41) is 22.5. The number of aliphatic hydroxyl groups is 1. The average molecular weight is 366 g/mol. The number of carbonyl (C=O) groups is 2. The number of fused-ring (bicyclic) bond motifs is 1. The zero-order chi connectivity index (χ0) is 19.4. The Balaban J connectivity index is 1.85. The highest BCUT2D eigenvalue weighted by Gasteiger charge is 2.19. The summed E-state index contributed by atoms with van der Waals surface area (Å²) in [6, 6.07) is 13.7. The number of aliphatic hydroxyl groups excluding tert-OH is 1. The Kier molecular flexibility index (Phi) is 5.52. The predicted octanol–water partition coefficient (Wildman–Crippen LogP) is 2.56. The number of nitrogens with one attached hydrogen (secondary N) is 3. The van der Waals surface area contributed by atoms with Crippen molar-refractivity contribution in [2.45, 2.75) is 19.9 Å². The number of carbonyl (C=O) groups excluding carboxylic acids is 2. The van der Waals surface area contributed by atoms with Gasteiger partial charge in [-0.15, -0.1) is 0 Å². The van der Waals surface area contributed by atoms with Gasteiger partial charge in [0.2, 0.25) is 0 Å². The predicted molar refractivity (Wildman–Crippen MR) is 104 cm³/mol. The molecule has 1 heterocycles. The molecule has 0 fully saturated rings. The fourth-order valence-corrected chi connectivity index (χ4v) is 2.71. The van der Waals surface area contributed by atoms with Crippen LogP contribution in [0.15, 0.2) is 48.5 Å². The zero-order valence-electron chi connectivity index (χ0n) is 15.2. The van der Waals surface area contributed by atoms with Gasteiger partial charge in [0.25, 0.3) is 11.8 Å². The number of aromatic nitrogens is 2. The van der Waals surface area contributed by atoms with E-state index in [4.69, 9.17) is 0 Å². The fourth-order valence-electron chi connectivity index (χ4n) is 2.71. The second-order valence-corrected chi connectivity index (χ2v) is 6.66. The molecule has 0 aliphatic heterocycles. The van der Waals surface area contributed by atoms with Crippen molar-refractivity contribution in [3.63, 3.8) is 0 Å². The highest BCUT2D eigenvalue weighted by molar-refractivity contribution is 6.12. The maximum Gasteiger partial charge on any atom is 0.276 e. The van der Waals surface area contributed by atoms with Gasteiger partial charge in [-0.3, -0.25) is 14.7 Å². The molecular formula is C20H22N4O3. The molecular weight excluding hydrogens is 344 g/mol. The molecule has 0 aliphatic rings. The molecule has 0 saturated carbocycles. The Labute approximate surface area is 156 Å².